The lowest BCUT2D eigenvalue weighted by atomic mass is 9.63. The van der Waals surface area contributed by atoms with Crippen molar-refractivity contribution in [2.45, 2.75) is 103 Å². The van der Waals surface area contributed by atoms with Gasteiger partial charge in [0.1, 0.15) is 11.5 Å². The van der Waals surface area contributed by atoms with Crippen LogP contribution in [0.4, 0.5) is 34.1 Å². The summed E-state index contributed by atoms with van der Waals surface area (Å²) in [6.45, 7) is 8.83. The first-order valence-corrected chi connectivity index (χ1v) is 29.5. The Labute approximate surface area is 484 Å². The number of phenolic OH excluding ortho intramolecular Hbond substituents is 2. The van der Waals surface area contributed by atoms with Gasteiger partial charge in [-0.2, -0.15) is 0 Å². The van der Waals surface area contributed by atoms with Gasteiger partial charge in [-0.3, -0.25) is 0 Å². The third-order valence-corrected chi connectivity index (χ3v) is 16.6. The first-order chi connectivity index (χ1) is 40.2. The zero-order valence-corrected chi connectivity index (χ0v) is 47.6. The predicted molar refractivity (Wildman–Crippen MR) is 341 cm³/mol. The van der Waals surface area contributed by atoms with Crippen LogP contribution in [0.5, 0.6) is 11.5 Å². The molecule has 0 radical (unpaired) electrons. The zero-order chi connectivity index (χ0) is 56.7. The normalized spacial score (nSPS) is 15.7. The van der Waals surface area contributed by atoms with E-state index in [-0.39, 0.29) is 11.5 Å². The van der Waals surface area contributed by atoms with Crippen LogP contribution in [0.3, 0.4) is 0 Å². The van der Waals surface area contributed by atoms with Gasteiger partial charge in [0.2, 0.25) is 0 Å². The molecule has 1 aliphatic carbocycles. The summed E-state index contributed by atoms with van der Waals surface area (Å²) in [6.07, 6.45) is 6.05. The average Bonchev–Trinajstić information content (AvgIpc) is 3.52. The minimum Gasteiger partial charge on any atom is -0.508 e. The highest BCUT2D eigenvalue weighted by Gasteiger charge is 2.52. The van der Waals surface area contributed by atoms with Gasteiger partial charge in [0.25, 0.3) is 0 Å². The molecule has 1 aliphatic rings. The molecule has 10 aromatic rings. The van der Waals surface area contributed by atoms with E-state index < -0.39 is 24.0 Å². The van der Waals surface area contributed by atoms with Crippen LogP contribution >= 0.6 is 0 Å². The molecule has 412 valence electrons. The zero-order valence-electron chi connectivity index (χ0n) is 47.6. The van der Waals surface area contributed by atoms with Gasteiger partial charge in [-0.1, -0.05) is 211 Å². The molecule has 0 heterocycles. The molecular weight excluding hydrogens is 1000 g/mol. The molecule has 0 unspecified atom stereocenters. The SMILES string of the molecule is CCCc1ccccc1-c1ccc(N(c2ccc(-c3ccccc3CCC)cc2)c2ccc(C3[C@H](O)[C@H](c4ccc(N(c5ccc(-c6ccccc6CCC)cc5)c5ccc(-c6ccccc6CCC)cc5)cc4O)[C@@H]3O)c(O)c2)cc1. The second kappa shape index (κ2) is 25.0. The first-order valence-electron chi connectivity index (χ1n) is 29.5. The molecule has 82 heavy (non-hydrogen) atoms. The van der Waals surface area contributed by atoms with E-state index in [1.54, 1.807) is 12.1 Å². The summed E-state index contributed by atoms with van der Waals surface area (Å²) in [6, 6.07) is 79.7. The average molecular weight is 1080 g/mol. The maximum atomic E-state index is 12.1. The Bertz CT molecular complexity index is 3330. The van der Waals surface area contributed by atoms with Gasteiger partial charge in [0, 0.05) is 69.2 Å². The van der Waals surface area contributed by atoms with Crippen LogP contribution in [0.15, 0.2) is 231 Å². The van der Waals surface area contributed by atoms with Gasteiger partial charge in [-0.15, -0.1) is 0 Å². The number of benzene rings is 10. The summed E-state index contributed by atoms with van der Waals surface area (Å²) in [5.74, 6) is -1.66. The molecule has 0 aliphatic heterocycles. The van der Waals surface area contributed by atoms with Gasteiger partial charge in [-0.25, -0.2) is 0 Å². The number of rotatable bonds is 20. The van der Waals surface area contributed by atoms with Gasteiger partial charge >= 0.3 is 0 Å². The van der Waals surface area contributed by atoms with Crippen LogP contribution in [-0.4, -0.2) is 32.6 Å². The molecule has 10 aromatic carbocycles. The van der Waals surface area contributed by atoms with Crippen molar-refractivity contribution in [2.24, 2.45) is 0 Å². The number of anilines is 6. The number of aliphatic hydroxyl groups excluding tert-OH is 2. The summed E-state index contributed by atoms with van der Waals surface area (Å²) >= 11 is 0. The van der Waals surface area contributed by atoms with Crippen LogP contribution in [0.1, 0.15) is 98.6 Å². The standard InChI is InChI=1S/C76H74N2O4/c1-5-17-51-21-9-13-25-65(51)55-29-37-59(38-30-55)77(60-39-31-56(32-40-60)66-26-14-10-22-52(66)18-6-2)63-45-47-69(71(79)49-63)73-75(81)74(76(73)82)70-48-46-64(50-72(70)80)78(61-41-33-57(34-42-61)67-27-15-11-23-53(67)19-7-3)62-43-35-58(36-44-62)68-28-16-12-24-54(68)20-8-4/h9-16,21-50,73-76,79-82H,5-8,17-20H2,1-4H3/t73-,74?,75+,76-. The Kier molecular flexibility index (Phi) is 16.8. The van der Waals surface area contributed by atoms with Crippen LogP contribution in [-0.2, 0) is 25.7 Å². The third kappa shape index (κ3) is 11.2. The number of aryl methyl sites for hydroxylation is 4. The number of hydrogen-bond donors (Lipinski definition) is 4. The van der Waals surface area contributed by atoms with Crippen molar-refractivity contribution in [1.29, 1.82) is 0 Å². The number of nitrogens with zero attached hydrogens (tertiary/aromatic N) is 2. The van der Waals surface area contributed by atoms with Crippen molar-refractivity contribution in [3.8, 4) is 56.0 Å². The van der Waals surface area contributed by atoms with Crippen LogP contribution < -0.4 is 9.80 Å². The second-order valence-electron chi connectivity index (χ2n) is 22.0. The minimum absolute atomic E-state index is 0.0331. The highest BCUT2D eigenvalue weighted by Crippen LogP contribution is 2.54. The molecule has 0 amide bonds. The largest absolute Gasteiger partial charge is 0.508 e. The minimum atomic E-state index is -1.09. The molecule has 1 fully saturated rings. The second-order valence-corrected chi connectivity index (χ2v) is 22.0. The van der Waals surface area contributed by atoms with Crippen molar-refractivity contribution in [2.75, 3.05) is 9.80 Å². The van der Waals surface area contributed by atoms with E-state index in [0.717, 1.165) is 108 Å². The molecule has 6 nitrogen and oxygen atoms in total. The van der Waals surface area contributed by atoms with E-state index in [2.05, 4.69) is 232 Å². The summed E-state index contributed by atoms with van der Waals surface area (Å²) in [5, 5.41) is 48.1. The summed E-state index contributed by atoms with van der Waals surface area (Å²) < 4.78 is 0. The lowest BCUT2D eigenvalue weighted by Crippen LogP contribution is -2.51. The Morgan fingerprint density at radius 1 is 0.293 bits per heavy atom. The summed E-state index contributed by atoms with van der Waals surface area (Å²) in [4.78, 5) is 4.27. The van der Waals surface area contributed by atoms with E-state index in [9.17, 15) is 20.4 Å². The van der Waals surface area contributed by atoms with Crippen LogP contribution in [0.2, 0.25) is 0 Å². The number of hydrogen-bond acceptors (Lipinski definition) is 6. The van der Waals surface area contributed by atoms with Gasteiger partial charge in [0.05, 0.1) is 12.2 Å². The van der Waals surface area contributed by atoms with E-state index in [1.165, 1.54) is 44.5 Å². The number of phenols is 2. The van der Waals surface area contributed by atoms with Gasteiger partial charge < -0.3 is 30.2 Å². The monoisotopic (exact) mass is 1080 g/mol. The number of aliphatic hydroxyl groups is 2. The molecule has 0 bridgehead atoms. The van der Waals surface area contributed by atoms with Crippen molar-refractivity contribution < 1.29 is 20.4 Å². The molecule has 4 N–H and O–H groups in total. The van der Waals surface area contributed by atoms with Crippen molar-refractivity contribution >= 4 is 34.1 Å². The molecule has 0 aromatic heterocycles. The van der Waals surface area contributed by atoms with Crippen molar-refractivity contribution in [3.05, 3.63) is 264 Å². The quantitative estimate of drug-likeness (QED) is 0.0608. The fourth-order valence-corrected chi connectivity index (χ4v) is 12.6. The molecule has 6 heteroatoms. The maximum absolute atomic E-state index is 12.1. The molecule has 1 saturated carbocycles. The molecule has 11 rings (SSSR count). The Morgan fingerprint density at radius 2 is 0.524 bits per heavy atom. The lowest BCUT2D eigenvalue weighted by Gasteiger charge is -2.47. The summed E-state index contributed by atoms with van der Waals surface area (Å²) in [7, 11) is 0. The molecule has 0 atom stereocenters. The van der Waals surface area contributed by atoms with Crippen LogP contribution in [0.25, 0.3) is 44.5 Å². The smallest absolute Gasteiger partial charge is 0.121 e. The Morgan fingerprint density at radius 3 is 0.756 bits per heavy atom. The lowest BCUT2D eigenvalue weighted by molar-refractivity contribution is -0.0797. The Balaban J connectivity index is 0.889. The van der Waals surface area contributed by atoms with Crippen LogP contribution in [0, 0.1) is 0 Å². The third-order valence-electron chi connectivity index (χ3n) is 16.6. The van der Waals surface area contributed by atoms with E-state index in [0.29, 0.717) is 11.1 Å². The Hall–Kier alpha value is -8.68. The molecule has 0 saturated heterocycles. The van der Waals surface area contributed by atoms with E-state index in [4.69, 9.17) is 0 Å². The molecule has 0 spiro atoms. The summed E-state index contributed by atoms with van der Waals surface area (Å²) in [5.41, 5.74) is 20.7. The fourth-order valence-electron chi connectivity index (χ4n) is 12.6. The topological polar surface area (TPSA) is 87.4 Å². The molecular formula is C76H74N2O4. The highest BCUT2D eigenvalue weighted by atomic mass is 16.3. The van der Waals surface area contributed by atoms with Gasteiger partial charge in [-0.05, 0) is 153 Å². The number of aromatic hydroxyl groups is 2. The van der Waals surface area contributed by atoms with Gasteiger partial charge in [0.15, 0.2) is 0 Å². The predicted octanol–water partition coefficient (Wildman–Crippen LogP) is 19.1. The maximum Gasteiger partial charge on any atom is 0.121 e. The van der Waals surface area contributed by atoms with E-state index in [1.807, 2.05) is 24.3 Å². The highest BCUT2D eigenvalue weighted by molar-refractivity contribution is 5.83. The van der Waals surface area contributed by atoms with E-state index >= 15 is 0 Å². The van der Waals surface area contributed by atoms with Crippen molar-refractivity contribution in [3.63, 3.8) is 0 Å². The first kappa shape index (κ1) is 55.2. The van der Waals surface area contributed by atoms with Crippen molar-refractivity contribution in [1.82, 2.24) is 0 Å². The fraction of sp³-hybridized carbons (Fsp3) is 0.211.